The summed E-state index contributed by atoms with van der Waals surface area (Å²) >= 11 is 0. The molecule has 1 heterocycles. The number of nitrogens with zero attached hydrogens (tertiary/aromatic N) is 2. The van der Waals surface area contributed by atoms with Crippen molar-refractivity contribution in [2.24, 2.45) is 7.05 Å². The van der Waals surface area contributed by atoms with Gasteiger partial charge in [0.2, 0.25) is 0 Å². The third kappa shape index (κ3) is 1.38. The van der Waals surface area contributed by atoms with Crippen LogP contribution in [-0.4, -0.2) is 14.7 Å². The predicted octanol–water partition coefficient (Wildman–Crippen LogP) is 0.135. The number of rotatable bonds is 1. The Bertz CT molecular complexity index is 698. The Morgan fingerprint density at radius 1 is 1.38 bits per heavy atom. The molecular formula is C9H7N3O4. The van der Waals surface area contributed by atoms with Crippen molar-refractivity contribution in [1.29, 1.82) is 0 Å². The molecule has 16 heavy (non-hydrogen) atoms. The highest BCUT2D eigenvalue weighted by Gasteiger charge is 2.11. The Kier molecular flexibility index (Phi) is 2.08. The minimum absolute atomic E-state index is 0.0421. The molecule has 0 saturated heterocycles. The Morgan fingerprint density at radius 3 is 2.69 bits per heavy atom. The molecule has 0 fully saturated rings. The van der Waals surface area contributed by atoms with Gasteiger partial charge in [0, 0.05) is 19.2 Å². The Morgan fingerprint density at radius 2 is 2.06 bits per heavy atom. The average molecular weight is 221 g/mol. The Balaban J connectivity index is 2.98. The molecule has 0 radical (unpaired) electrons. The van der Waals surface area contributed by atoms with E-state index < -0.39 is 15.9 Å². The van der Waals surface area contributed by atoms with Gasteiger partial charge in [-0.2, -0.15) is 0 Å². The monoisotopic (exact) mass is 221 g/mol. The molecule has 0 saturated carbocycles. The number of nitro groups is 1. The second-order valence-electron chi connectivity index (χ2n) is 3.29. The number of hydrogen-bond acceptors (Lipinski definition) is 4. The first-order valence-electron chi connectivity index (χ1n) is 4.38. The molecule has 1 N–H and O–H groups in total. The molecule has 0 aliphatic heterocycles. The molecule has 0 aliphatic rings. The lowest BCUT2D eigenvalue weighted by molar-refractivity contribution is -0.384. The summed E-state index contributed by atoms with van der Waals surface area (Å²) in [4.78, 5) is 32.6. The number of nitrogens with one attached hydrogen (secondary N) is 1. The van der Waals surface area contributed by atoms with Crippen LogP contribution in [0.4, 0.5) is 5.69 Å². The van der Waals surface area contributed by atoms with E-state index in [1.165, 1.54) is 16.8 Å². The van der Waals surface area contributed by atoms with Gasteiger partial charge in [0.25, 0.3) is 11.1 Å². The first kappa shape index (κ1) is 10.1. The van der Waals surface area contributed by atoms with E-state index in [0.717, 1.165) is 6.07 Å². The van der Waals surface area contributed by atoms with E-state index >= 15 is 0 Å². The fraction of sp³-hybridized carbons (Fsp3) is 0.111. The van der Waals surface area contributed by atoms with E-state index in [1.807, 2.05) is 0 Å². The minimum Gasteiger partial charge on any atom is -0.288 e. The quantitative estimate of drug-likeness (QED) is 0.420. The number of nitro benzene ring substituents is 1. The van der Waals surface area contributed by atoms with Crippen LogP contribution >= 0.6 is 0 Å². The van der Waals surface area contributed by atoms with Crippen molar-refractivity contribution in [2.45, 2.75) is 0 Å². The molecular weight excluding hydrogens is 214 g/mol. The molecule has 0 amide bonds. The number of hydrogen-bond donors (Lipinski definition) is 1. The topological polar surface area (TPSA) is 98.0 Å². The number of aromatic amines is 1. The second kappa shape index (κ2) is 3.30. The molecule has 0 spiro atoms. The normalized spacial score (nSPS) is 10.6. The van der Waals surface area contributed by atoms with Crippen molar-refractivity contribution in [3.63, 3.8) is 0 Å². The van der Waals surface area contributed by atoms with Gasteiger partial charge in [0.05, 0.1) is 15.8 Å². The van der Waals surface area contributed by atoms with Crippen molar-refractivity contribution < 1.29 is 4.92 Å². The molecule has 7 heteroatoms. The molecule has 0 unspecified atom stereocenters. The number of benzene rings is 1. The van der Waals surface area contributed by atoms with Crippen LogP contribution in [0.25, 0.3) is 10.9 Å². The Hall–Kier alpha value is -2.44. The molecule has 0 atom stereocenters. The van der Waals surface area contributed by atoms with Crippen molar-refractivity contribution in [1.82, 2.24) is 9.78 Å². The number of non-ortho nitro benzene ring substituents is 1. The third-order valence-electron chi connectivity index (χ3n) is 2.27. The lowest BCUT2D eigenvalue weighted by Crippen LogP contribution is -2.30. The minimum atomic E-state index is -0.796. The van der Waals surface area contributed by atoms with E-state index in [-0.39, 0.29) is 11.1 Å². The van der Waals surface area contributed by atoms with E-state index in [4.69, 9.17) is 0 Å². The van der Waals surface area contributed by atoms with Crippen molar-refractivity contribution in [2.75, 3.05) is 0 Å². The van der Waals surface area contributed by atoms with Gasteiger partial charge < -0.3 is 0 Å². The zero-order chi connectivity index (χ0) is 11.9. The van der Waals surface area contributed by atoms with Gasteiger partial charge in [-0.1, -0.05) is 0 Å². The highest BCUT2D eigenvalue weighted by atomic mass is 16.6. The summed E-state index contributed by atoms with van der Waals surface area (Å²) in [6, 6.07) is 3.80. The Labute approximate surface area is 88.1 Å². The molecule has 2 rings (SSSR count). The SMILES string of the molecule is Cn1[nH]c(=O)c(=O)c2cc([N+](=O)[O-])ccc21. The highest BCUT2D eigenvalue weighted by molar-refractivity contribution is 5.80. The lowest BCUT2D eigenvalue weighted by Gasteiger charge is -2.03. The molecule has 7 nitrogen and oxygen atoms in total. The highest BCUT2D eigenvalue weighted by Crippen LogP contribution is 2.16. The van der Waals surface area contributed by atoms with E-state index in [1.54, 1.807) is 7.05 Å². The number of fused-ring (bicyclic) bond motifs is 1. The summed E-state index contributed by atoms with van der Waals surface area (Å²) in [6.07, 6.45) is 0. The largest absolute Gasteiger partial charge is 0.310 e. The zero-order valence-corrected chi connectivity index (χ0v) is 8.26. The van der Waals surface area contributed by atoms with Gasteiger partial charge in [-0.25, -0.2) is 0 Å². The summed E-state index contributed by atoms with van der Waals surface area (Å²) in [5, 5.41) is 12.9. The van der Waals surface area contributed by atoms with Gasteiger partial charge in [-0.05, 0) is 6.07 Å². The van der Waals surface area contributed by atoms with Crippen molar-refractivity contribution >= 4 is 16.6 Å². The average Bonchev–Trinajstić information content (AvgIpc) is 2.25. The van der Waals surface area contributed by atoms with Crippen LogP contribution < -0.4 is 11.0 Å². The van der Waals surface area contributed by atoms with Crippen LogP contribution in [0.3, 0.4) is 0 Å². The standard InChI is InChI=1S/C9H7N3O4/c1-11-7-3-2-5(12(15)16)4-6(7)8(13)9(14)10-11/h2-4H,1H3,(H,10,14). The van der Waals surface area contributed by atoms with Crippen molar-refractivity contribution in [3.05, 3.63) is 48.9 Å². The molecule has 1 aromatic carbocycles. The maximum atomic E-state index is 11.5. The summed E-state index contributed by atoms with van der Waals surface area (Å²) in [7, 11) is 1.55. The van der Waals surface area contributed by atoms with E-state index in [0.29, 0.717) is 5.52 Å². The number of aromatic nitrogens is 2. The first-order chi connectivity index (χ1) is 7.50. The molecule has 2 aromatic rings. The van der Waals surface area contributed by atoms with E-state index in [9.17, 15) is 19.7 Å². The first-order valence-corrected chi connectivity index (χ1v) is 4.38. The smallest absolute Gasteiger partial charge is 0.288 e. The summed E-state index contributed by atoms with van der Waals surface area (Å²) in [6.45, 7) is 0. The third-order valence-corrected chi connectivity index (χ3v) is 2.27. The van der Waals surface area contributed by atoms with Crippen LogP contribution in [0, 0.1) is 10.1 Å². The lowest BCUT2D eigenvalue weighted by atomic mass is 10.2. The fourth-order valence-corrected chi connectivity index (χ4v) is 1.50. The zero-order valence-electron chi connectivity index (χ0n) is 8.26. The number of H-pyrrole nitrogens is 1. The van der Waals surface area contributed by atoms with Gasteiger partial charge in [-0.3, -0.25) is 29.5 Å². The number of aryl methyl sites for hydroxylation is 1. The van der Waals surface area contributed by atoms with E-state index in [2.05, 4.69) is 5.10 Å². The van der Waals surface area contributed by atoms with Gasteiger partial charge >= 0.3 is 5.56 Å². The molecule has 1 aromatic heterocycles. The summed E-state index contributed by atoms with van der Waals surface area (Å²) in [5.74, 6) is 0. The van der Waals surface area contributed by atoms with Crippen molar-refractivity contribution in [3.8, 4) is 0 Å². The maximum absolute atomic E-state index is 11.5. The van der Waals surface area contributed by atoms with Gasteiger partial charge in [0.1, 0.15) is 0 Å². The predicted molar refractivity (Wildman–Crippen MR) is 56.5 cm³/mol. The summed E-state index contributed by atoms with van der Waals surface area (Å²) < 4.78 is 1.35. The maximum Gasteiger partial charge on any atom is 0.310 e. The van der Waals surface area contributed by atoms with Crippen LogP contribution in [-0.2, 0) is 7.05 Å². The molecule has 0 aliphatic carbocycles. The second-order valence-corrected chi connectivity index (χ2v) is 3.29. The van der Waals surface area contributed by atoms with Crippen LogP contribution in [0.5, 0.6) is 0 Å². The van der Waals surface area contributed by atoms with Crippen LogP contribution in [0.1, 0.15) is 0 Å². The fourth-order valence-electron chi connectivity index (χ4n) is 1.50. The summed E-state index contributed by atoms with van der Waals surface area (Å²) in [5.41, 5.74) is -1.34. The van der Waals surface area contributed by atoms with Gasteiger partial charge in [0.15, 0.2) is 0 Å². The molecule has 0 bridgehead atoms. The molecule has 82 valence electrons. The van der Waals surface area contributed by atoms with Crippen LogP contribution in [0.2, 0.25) is 0 Å². The van der Waals surface area contributed by atoms with Crippen LogP contribution in [0.15, 0.2) is 27.8 Å². The van der Waals surface area contributed by atoms with Gasteiger partial charge in [-0.15, -0.1) is 0 Å².